The van der Waals surface area contributed by atoms with Gasteiger partial charge in [-0.2, -0.15) is 0 Å². The number of hydrogen-bond donors (Lipinski definition) is 1. The van der Waals surface area contributed by atoms with Crippen molar-refractivity contribution < 1.29 is 18.3 Å². The number of hydrogen-bond acceptors (Lipinski definition) is 3. The number of halogens is 2. The fraction of sp³-hybridized carbons (Fsp3) is 0.235. The van der Waals surface area contributed by atoms with E-state index < -0.39 is 16.9 Å². The molecule has 122 valence electrons. The first-order valence-corrected chi connectivity index (χ1v) is 8.03. The number of carbonyl (C=O) groups is 1. The van der Waals surface area contributed by atoms with Crippen LogP contribution in [0.25, 0.3) is 0 Å². The highest BCUT2D eigenvalue weighted by atomic mass is 32.2. The number of thioether (sulfide) groups is 1. The number of anilines is 1. The summed E-state index contributed by atoms with van der Waals surface area (Å²) in [6.45, 7) is 4.09. The average Bonchev–Trinajstić information content (AvgIpc) is 2.53. The Morgan fingerprint density at radius 1 is 1.22 bits per heavy atom. The van der Waals surface area contributed by atoms with E-state index in [0.717, 1.165) is 35.7 Å². The molecule has 0 unspecified atom stereocenters. The van der Waals surface area contributed by atoms with Crippen LogP contribution in [0, 0.1) is 11.6 Å². The zero-order valence-electron chi connectivity index (χ0n) is 12.8. The lowest BCUT2D eigenvalue weighted by Gasteiger charge is -2.13. The Morgan fingerprint density at radius 2 is 1.91 bits per heavy atom. The highest BCUT2D eigenvalue weighted by Crippen LogP contribution is 2.27. The molecule has 0 radical (unpaired) electrons. The molecule has 1 amide bonds. The number of amides is 1. The molecule has 0 heterocycles. The number of carbonyl (C=O) groups excluding carboxylic acids is 1. The molecule has 0 bridgehead atoms. The first kappa shape index (κ1) is 17.3. The van der Waals surface area contributed by atoms with Gasteiger partial charge in [0, 0.05) is 10.6 Å². The number of benzene rings is 2. The number of ether oxygens (including phenoxy) is 1. The third-order valence-electron chi connectivity index (χ3n) is 3.00. The van der Waals surface area contributed by atoms with Gasteiger partial charge in [0.15, 0.2) is 0 Å². The predicted molar refractivity (Wildman–Crippen MR) is 87.9 cm³/mol. The van der Waals surface area contributed by atoms with Crippen LogP contribution in [0.3, 0.4) is 0 Å². The zero-order chi connectivity index (χ0) is 16.8. The van der Waals surface area contributed by atoms with Crippen LogP contribution in [0.1, 0.15) is 13.8 Å². The molecule has 0 aliphatic heterocycles. The van der Waals surface area contributed by atoms with Gasteiger partial charge in [0.1, 0.15) is 17.4 Å². The maximum atomic E-state index is 13.6. The summed E-state index contributed by atoms with van der Waals surface area (Å²) >= 11 is 0.971. The summed E-state index contributed by atoms with van der Waals surface area (Å²) in [6, 6.07) is 10.1. The van der Waals surface area contributed by atoms with Crippen molar-refractivity contribution in [2.45, 2.75) is 24.0 Å². The van der Waals surface area contributed by atoms with E-state index in [0.29, 0.717) is 12.3 Å². The van der Waals surface area contributed by atoms with Gasteiger partial charge >= 0.3 is 0 Å². The summed E-state index contributed by atoms with van der Waals surface area (Å²) < 4.78 is 32.1. The second kappa shape index (κ2) is 7.97. The summed E-state index contributed by atoms with van der Waals surface area (Å²) in [7, 11) is 0. The van der Waals surface area contributed by atoms with Crippen LogP contribution in [-0.2, 0) is 4.79 Å². The van der Waals surface area contributed by atoms with Crippen molar-refractivity contribution in [2.24, 2.45) is 0 Å². The SMILES string of the molecule is CCOc1ccc(NC(=O)[C@H](C)Sc2cc(F)ccc2F)cc1. The van der Waals surface area contributed by atoms with E-state index >= 15 is 0 Å². The van der Waals surface area contributed by atoms with Gasteiger partial charge in [-0.3, -0.25) is 4.79 Å². The Kier molecular flexibility index (Phi) is 5.98. The molecule has 2 rings (SSSR count). The van der Waals surface area contributed by atoms with Crippen LogP contribution in [0.15, 0.2) is 47.4 Å². The summed E-state index contributed by atoms with van der Waals surface area (Å²) in [5, 5.41) is 2.16. The van der Waals surface area contributed by atoms with Crippen LogP contribution in [-0.4, -0.2) is 17.8 Å². The van der Waals surface area contributed by atoms with Crippen molar-refractivity contribution in [1.82, 2.24) is 0 Å². The fourth-order valence-corrected chi connectivity index (χ4v) is 2.76. The highest BCUT2D eigenvalue weighted by molar-refractivity contribution is 8.00. The van der Waals surface area contributed by atoms with Crippen molar-refractivity contribution in [3.05, 3.63) is 54.1 Å². The van der Waals surface area contributed by atoms with Crippen LogP contribution in [0.4, 0.5) is 14.5 Å². The van der Waals surface area contributed by atoms with E-state index in [1.165, 1.54) is 0 Å². The minimum absolute atomic E-state index is 0.111. The molecule has 1 atom stereocenters. The van der Waals surface area contributed by atoms with E-state index in [9.17, 15) is 13.6 Å². The lowest BCUT2D eigenvalue weighted by atomic mass is 10.3. The molecule has 23 heavy (non-hydrogen) atoms. The molecule has 0 aliphatic carbocycles. The van der Waals surface area contributed by atoms with E-state index in [1.807, 2.05) is 6.92 Å². The van der Waals surface area contributed by atoms with E-state index in [4.69, 9.17) is 4.74 Å². The van der Waals surface area contributed by atoms with E-state index in [1.54, 1.807) is 31.2 Å². The molecule has 2 aromatic rings. The number of nitrogens with one attached hydrogen (secondary N) is 1. The van der Waals surface area contributed by atoms with Crippen LogP contribution < -0.4 is 10.1 Å². The largest absolute Gasteiger partial charge is 0.494 e. The third-order valence-corrected chi connectivity index (χ3v) is 4.13. The molecule has 0 saturated heterocycles. The Bertz CT molecular complexity index is 677. The van der Waals surface area contributed by atoms with Gasteiger partial charge in [-0.05, 0) is 56.3 Å². The summed E-state index contributed by atoms with van der Waals surface area (Å²) in [5.74, 6) is -0.650. The molecule has 2 aromatic carbocycles. The van der Waals surface area contributed by atoms with Gasteiger partial charge < -0.3 is 10.1 Å². The van der Waals surface area contributed by atoms with Gasteiger partial charge in [0.2, 0.25) is 5.91 Å². The second-order valence-electron chi connectivity index (χ2n) is 4.78. The summed E-state index contributed by atoms with van der Waals surface area (Å²) in [6.07, 6.45) is 0. The topological polar surface area (TPSA) is 38.3 Å². The highest BCUT2D eigenvalue weighted by Gasteiger charge is 2.17. The molecule has 0 fully saturated rings. The van der Waals surface area contributed by atoms with Gasteiger partial charge in [-0.25, -0.2) is 8.78 Å². The predicted octanol–water partition coefficient (Wildman–Crippen LogP) is 4.48. The van der Waals surface area contributed by atoms with E-state index in [-0.39, 0.29) is 10.8 Å². The maximum absolute atomic E-state index is 13.6. The van der Waals surface area contributed by atoms with Crippen LogP contribution in [0.5, 0.6) is 5.75 Å². The Morgan fingerprint density at radius 3 is 2.57 bits per heavy atom. The first-order valence-electron chi connectivity index (χ1n) is 7.15. The molecule has 1 N–H and O–H groups in total. The Labute approximate surface area is 138 Å². The number of rotatable bonds is 6. The first-order chi connectivity index (χ1) is 11.0. The molecule has 0 saturated carbocycles. The molecular formula is C17H17F2NO2S. The van der Waals surface area contributed by atoms with Crippen LogP contribution in [0.2, 0.25) is 0 Å². The smallest absolute Gasteiger partial charge is 0.237 e. The summed E-state index contributed by atoms with van der Waals surface area (Å²) in [5.41, 5.74) is 0.616. The van der Waals surface area contributed by atoms with Crippen molar-refractivity contribution in [2.75, 3.05) is 11.9 Å². The third kappa shape index (κ3) is 4.96. The average molecular weight is 337 g/mol. The molecule has 0 aromatic heterocycles. The zero-order valence-corrected chi connectivity index (χ0v) is 13.6. The normalized spacial score (nSPS) is 11.8. The van der Waals surface area contributed by atoms with Gasteiger partial charge in [0.05, 0.1) is 11.9 Å². The van der Waals surface area contributed by atoms with Crippen molar-refractivity contribution in [1.29, 1.82) is 0 Å². The lowest BCUT2D eigenvalue weighted by molar-refractivity contribution is -0.115. The maximum Gasteiger partial charge on any atom is 0.237 e. The minimum Gasteiger partial charge on any atom is -0.494 e. The Hall–Kier alpha value is -2.08. The molecule has 0 spiro atoms. The lowest BCUT2D eigenvalue weighted by Crippen LogP contribution is -2.22. The van der Waals surface area contributed by atoms with Crippen molar-refractivity contribution in [3.63, 3.8) is 0 Å². The van der Waals surface area contributed by atoms with Crippen molar-refractivity contribution in [3.8, 4) is 5.75 Å². The monoisotopic (exact) mass is 337 g/mol. The molecular weight excluding hydrogens is 320 g/mol. The molecule has 6 heteroatoms. The minimum atomic E-state index is -0.571. The van der Waals surface area contributed by atoms with Gasteiger partial charge in [-0.15, -0.1) is 11.8 Å². The second-order valence-corrected chi connectivity index (χ2v) is 6.16. The molecule has 0 aliphatic rings. The summed E-state index contributed by atoms with van der Waals surface area (Å²) in [4.78, 5) is 12.3. The van der Waals surface area contributed by atoms with Crippen molar-refractivity contribution >= 4 is 23.4 Å². The fourth-order valence-electron chi connectivity index (χ4n) is 1.86. The van der Waals surface area contributed by atoms with E-state index in [2.05, 4.69) is 5.32 Å². The standard InChI is InChI=1S/C17H17F2NO2S/c1-3-22-14-7-5-13(6-8-14)20-17(21)11(2)23-16-10-12(18)4-9-15(16)19/h4-11H,3H2,1-2H3,(H,20,21)/t11-/m0/s1. The van der Waals surface area contributed by atoms with Gasteiger partial charge in [-0.1, -0.05) is 0 Å². The Balaban J connectivity index is 1.98. The molecule has 3 nitrogen and oxygen atoms in total. The van der Waals surface area contributed by atoms with Gasteiger partial charge in [0.25, 0.3) is 0 Å². The van der Waals surface area contributed by atoms with Crippen LogP contribution >= 0.6 is 11.8 Å². The quantitative estimate of drug-likeness (QED) is 0.790.